The molecule has 1 aromatic carbocycles. The van der Waals surface area contributed by atoms with E-state index >= 15 is 0 Å². The summed E-state index contributed by atoms with van der Waals surface area (Å²) in [5.41, 5.74) is 7.60. The zero-order chi connectivity index (χ0) is 19.3. The number of hydrogen-bond acceptors (Lipinski definition) is 5. The first-order valence-electron chi connectivity index (χ1n) is 9.64. The number of amides is 2. The lowest BCUT2D eigenvalue weighted by Gasteiger charge is -2.26. The van der Waals surface area contributed by atoms with Gasteiger partial charge in [-0.15, -0.1) is 0 Å². The molecule has 1 unspecified atom stereocenters. The van der Waals surface area contributed by atoms with Gasteiger partial charge in [0.25, 0.3) is 5.91 Å². The van der Waals surface area contributed by atoms with Crippen LogP contribution in [-0.4, -0.2) is 74.1 Å². The number of hydrogen-bond donors (Lipinski definition) is 2. The molecule has 148 valence electrons. The molecule has 2 saturated heterocycles. The minimum atomic E-state index is 0.0183. The predicted molar refractivity (Wildman–Crippen MR) is 103 cm³/mol. The Morgan fingerprint density at radius 3 is 2.52 bits per heavy atom. The van der Waals surface area contributed by atoms with E-state index in [0.717, 1.165) is 25.1 Å². The molecule has 0 radical (unpaired) electrons. The normalized spacial score (nSPS) is 23.4. The van der Waals surface area contributed by atoms with Crippen molar-refractivity contribution in [2.75, 3.05) is 52.5 Å². The highest BCUT2D eigenvalue weighted by molar-refractivity contribution is 5.94. The highest BCUT2D eigenvalue weighted by Crippen LogP contribution is 2.27. The molecule has 2 aliphatic rings. The van der Waals surface area contributed by atoms with Crippen LogP contribution in [0.4, 0.5) is 0 Å². The lowest BCUT2D eigenvalue weighted by Crippen LogP contribution is -2.40. The Bertz CT molecular complexity index is 658. The van der Waals surface area contributed by atoms with Gasteiger partial charge in [0.2, 0.25) is 5.91 Å². The molecular weight excluding hydrogens is 344 g/mol. The van der Waals surface area contributed by atoms with Crippen LogP contribution in [0.3, 0.4) is 0 Å². The molecule has 2 fully saturated rings. The largest absolute Gasteiger partial charge is 0.378 e. The first kappa shape index (κ1) is 19.8. The number of carbonyl (C=O) groups excluding carboxylic acids is 2. The Morgan fingerprint density at radius 2 is 1.89 bits per heavy atom. The highest BCUT2D eigenvalue weighted by Gasteiger charge is 2.33. The van der Waals surface area contributed by atoms with E-state index in [9.17, 15) is 9.59 Å². The second kappa shape index (κ2) is 8.82. The number of nitrogens with zero attached hydrogens (tertiary/aromatic N) is 2. The van der Waals surface area contributed by atoms with Crippen LogP contribution in [0.5, 0.6) is 0 Å². The predicted octanol–water partition coefficient (Wildman–Crippen LogP) is 0.446. The molecule has 0 aromatic heterocycles. The Labute approximate surface area is 160 Å². The van der Waals surface area contributed by atoms with Crippen molar-refractivity contribution < 1.29 is 14.3 Å². The van der Waals surface area contributed by atoms with Crippen molar-refractivity contribution in [2.45, 2.75) is 19.9 Å². The molecule has 27 heavy (non-hydrogen) atoms. The average Bonchev–Trinajstić information content (AvgIpc) is 3.08. The third-order valence-corrected chi connectivity index (χ3v) is 5.49. The van der Waals surface area contributed by atoms with E-state index in [4.69, 9.17) is 10.5 Å². The molecule has 2 aliphatic heterocycles. The zero-order valence-corrected chi connectivity index (χ0v) is 16.1. The smallest absolute Gasteiger partial charge is 0.254 e. The Hall–Kier alpha value is -1.96. The molecule has 0 aliphatic carbocycles. The lowest BCUT2D eigenvalue weighted by molar-refractivity contribution is -0.122. The van der Waals surface area contributed by atoms with E-state index in [1.54, 1.807) is 0 Å². The molecule has 2 amide bonds. The van der Waals surface area contributed by atoms with Gasteiger partial charge in [-0.05, 0) is 42.6 Å². The van der Waals surface area contributed by atoms with Crippen molar-refractivity contribution in [1.82, 2.24) is 15.1 Å². The monoisotopic (exact) mass is 374 g/mol. The summed E-state index contributed by atoms with van der Waals surface area (Å²) >= 11 is 0. The van der Waals surface area contributed by atoms with Crippen LogP contribution in [0.15, 0.2) is 24.3 Å². The number of nitrogens with one attached hydrogen (secondary N) is 1. The third kappa shape index (κ3) is 5.28. The van der Waals surface area contributed by atoms with Gasteiger partial charge < -0.3 is 20.7 Å². The van der Waals surface area contributed by atoms with Gasteiger partial charge in [-0.2, -0.15) is 0 Å². The molecule has 3 N–H and O–H groups in total. The molecule has 2 heterocycles. The van der Waals surface area contributed by atoms with Crippen LogP contribution >= 0.6 is 0 Å². The van der Waals surface area contributed by atoms with Gasteiger partial charge in [-0.25, -0.2) is 0 Å². The van der Waals surface area contributed by atoms with Gasteiger partial charge in [0.15, 0.2) is 0 Å². The van der Waals surface area contributed by atoms with Crippen LogP contribution in [0, 0.1) is 5.41 Å². The van der Waals surface area contributed by atoms with E-state index in [-0.39, 0.29) is 17.2 Å². The fraction of sp³-hybridized carbons (Fsp3) is 0.600. The molecule has 1 atom stereocenters. The van der Waals surface area contributed by atoms with Crippen LogP contribution in [0.1, 0.15) is 29.3 Å². The van der Waals surface area contributed by atoms with E-state index in [1.165, 1.54) is 0 Å². The SMILES string of the molecule is CC1(CN)CCN(CC(=O)NCc2ccc(C(=O)N3CCOCC3)cc2)C1. The molecule has 3 rings (SSSR count). The Kier molecular flexibility index (Phi) is 6.46. The quantitative estimate of drug-likeness (QED) is 0.755. The fourth-order valence-corrected chi connectivity index (χ4v) is 3.60. The molecule has 1 aromatic rings. The van der Waals surface area contributed by atoms with Crippen molar-refractivity contribution in [3.8, 4) is 0 Å². The molecule has 7 heteroatoms. The van der Waals surface area contributed by atoms with Gasteiger partial charge in [0.1, 0.15) is 0 Å². The van der Waals surface area contributed by atoms with Crippen LogP contribution in [-0.2, 0) is 16.1 Å². The maximum absolute atomic E-state index is 12.4. The van der Waals surface area contributed by atoms with Crippen LogP contribution in [0.25, 0.3) is 0 Å². The van der Waals surface area contributed by atoms with Crippen LogP contribution in [0.2, 0.25) is 0 Å². The van der Waals surface area contributed by atoms with Crippen molar-refractivity contribution in [3.05, 3.63) is 35.4 Å². The number of carbonyl (C=O) groups is 2. The fourth-order valence-electron chi connectivity index (χ4n) is 3.60. The van der Waals surface area contributed by atoms with Crippen molar-refractivity contribution >= 4 is 11.8 Å². The minimum Gasteiger partial charge on any atom is -0.378 e. The first-order valence-corrected chi connectivity index (χ1v) is 9.64. The highest BCUT2D eigenvalue weighted by atomic mass is 16.5. The maximum atomic E-state index is 12.4. The summed E-state index contributed by atoms with van der Waals surface area (Å²) in [6.45, 7) is 7.94. The molecule has 0 saturated carbocycles. The topological polar surface area (TPSA) is 87.9 Å². The zero-order valence-electron chi connectivity index (χ0n) is 16.1. The number of rotatable bonds is 6. The number of likely N-dealkylation sites (tertiary alicyclic amines) is 1. The Balaban J connectivity index is 1.44. The average molecular weight is 374 g/mol. The summed E-state index contributed by atoms with van der Waals surface area (Å²) < 4.78 is 5.28. The lowest BCUT2D eigenvalue weighted by atomic mass is 9.90. The summed E-state index contributed by atoms with van der Waals surface area (Å²) in [6.07, 6.45) is 1.04. The summed E-state index contributed by atoms with van der Waals surface area (Å²) in [5.74, 6) is 0.0515. The number of ether oxygens (including phenoxy) is 1. The van der Waals surface area contributed by atoms with Crippen molar-refractivity contribution in [2.24, 2.45) is 11.1 Å². The summed E-state index contributed by atoms with van der Waals surface area (Å²) in [4.78, 5) is 28.6. The van der Waals surface area contributed by atoms with Gasteiger partial charge in [-0.3, -0.25) is 14.5 Å². The standard InChI is InChI=1S/C20H30N4O3/c1-20(14-21)6-7-23(15-20)13-18(25)22-12-16-2-4-17(5-3-16)19(26)24-8-10-27-11-9-24/h2-5H,6-15,21H2,1H3,(H,22,25). The number of nitrogens with two attached hydrogens (primary N) is 1. The molecule has 0 spiro atoms. The number of morpholine rings is 1. The van der Waals surface area contributed by atoms with E-state index in [2.05, 4.69) is 17.1 Å². The maximum Gasteiger partial charge on any atom is 0.254 e. The van der Waals surface area contributed by atoms with Crippen molar-refractivity contribution in [3.63, 3.8) is 0 Å². The van der Waals surface area contributed by atoms with Gasteiger partial charge in [0.05, 0.1) is 19.8 Å². The van der Waals surface area contributed by atoms with E-state index in [0.29, 0.717) is 51.5 Å². The Morgan fingerprint density at radius 1 is 1.19 bits per heavy atom. The molecular formula is C20H30N4O3. The van der Waals surface area contributed by atoms with Gasteiger partial charge >= 0.3 is 0 Å². The summed E-state index contributed by atoms with van der Waals surface area (Å²) in [6, 6.07) is 7.45. The first-order chi connectivity index (χ1) is 13.0. The van der Waals surface area contributed by atoms with Gasteiger partial charge in [0, 0.05) is 31.7 Å². The molecule has 7 nitrogen and oxygen atoms in total. The summed E-state index contributed by atoms with van der Waals surface area (Å²) in [5, 5.41) is 2.96. The minimum absolute atomic E-state index is 0.0183. The summed E-state index contributed by atoms with van der Waals surface area (Å²) in [7, 11) is 0. The molecule has 0 bridgehead atoms. The second-order valence-corrected chi connectivity index (χ2v) is 7.85. The van der Waals surface area contributed by atoms with E-state index < -0.39 is 0 Å². The van der Waals surface area contributed by atoms with Crippen molar-refractivity contribution in [1.29, 1.82) is 0 Å². The third-order valence-electron chi connectivity index (χ3n) is 5.49. The number of benzene rings is 1. The van der Waals surface area contributed by atoms with Gasteiger partial charge in [-0.1, -0.05) is 19.1 Å². The van der Waals surface area contributed by atoms with Crippen LogP contribution < -0.4 is 11.1 Å². The second-order valence-electron chi connectivity index (χ2n) is 7.85. The van der Waals surface area contributed by atoms with E-state index in [1.807, 2.05) is 29.2 Å².